The maximum Gasteiger partial charge on any atom is 0.322 e. The second-order valence-electron chi connectivity index (χ2n) is 3.47. The topological polar surface area (TPSA) is 40.5 Å². The Labute approximate surface area is 77.3 Å². The summed E-state index contributed by atoms with van der Waals surface area (Å²) in [5.74, 6) is -0.146. The normalized spacial score (nSPS) is 19.6. The van der Waals surface area contributed by atoms with Crippen LogP contribution in [0.15, 0.2) is 0 Å². The zero-order chi connectivity index (χ0) is 9.14. The number of rotatable bonds is 5. The van der Waals surface area contributed by atoms with Crippen LogP contribution in [0.5, 0.6) is 0 Å². The molecule has 4 heteroatoms. The summed E-state index contributed by atoms with van der Waals surface area (Å²) < 4.78 is 0. The van der Waals surface area contributed by atoms with Gasteiger partial charge in [0.05, 0.1) is 0 Å². The molecule has 0 aliphatic heterocycles. The van der Waals surface area contributed by atoms with E-state index < -0.39 is 11.3 Å². The van der Waals surface area contributed by atoms with Gasteiger partial charge in [0.15, 0.2) is 0 Å². The first-order chi connectivity index (χ1) is 5.59. The molecule has 1 unspecified atom stereocenters. The lowest BCUT2D eigenvalue weighted by molar-refractivity contribution is -0.136. The Bertz CT molecular complexity index is 170. The van der Waals surface area contributed by atoms with Crippen molar-refractivity contribution < 1.29 is 9.90 Å². The number of hydrogen-bond donors (Lipinski definition) is 1. The zero-order valence-corrected chi connectivity index (χ0v) is 7.92. The van der Waals surface area contributed by atoms with Crippen LogP contribution in [0.3, 0.4) is 0 Å². The highest BCUT2D eigenvalue weighted by atomic mass is 35.5. The predicted octanol–water partition coefficient (Wildman–Crippen LogP) is 1.02. The number of hydrogen-bond acceptors (Lipinski definition) is 2. The third-order valence-electron chi connectivity index (χ3n) is 2.01. The van der Waals surface area contributed by atoms with E-state index in [2.05, 4.69) is 0 Å². The van der Waals surface area contributed by atoms with Crippen LogP contribution < -0.4 is 0 Å². The van der Waals surface area contributed by atoms with Gasteiger partial charge in [0.2, 0.25) is 0 Å². The lowest BCUT2D eigenvalue weighted by Gasteiger charge is -2.17. The molecular formula is C8H14ClNO2. The minimum absolute atomic E-state index is 0.438. The Morgan fingerprint density at radius 3 is 2.75 bits per heavy atom. The van der Waals surface area contributed by atoms with Crippen LogP contribution in [0.2, 0.25) is 0 Å². The summed E-state index contributed by atoms with van der Waals surface area (Å²) in [7, 11) is 1.91. The summed E-state index contributed by atoms with van der Waals surface area (Å²) in [6.07, 6.45) is 2.56. The fraction of sp³-hybridized carbons (Fsp3) is 0.875. The van der Waals surface area contributed by atoms with Gasteiger partial charge in [-0.15, -0.1) is 11.6 Å². The van der Waals surface area contributed by atoms with Crippen molar-refractivity contribution in [2.75, 3.05) is 20.1 Å². The molecule has 0 heterocycles. The van der Waals surface area contributed by atoms with Crippen molar-refractivity contribution in [2.45, 2.75) is 18.2 Å². The minimum atomic E-state index is -0.931. The van der Waals surface area contributed by atoms with Crippen LogP contribution in [-0.4, -0.2) is 41.5 Å². The third-order valence-corrected chi connectivity index (χ3v) is 2.33. The van der Waals surface area contributed by atoms with Gasteiger partial charge in [0.1, 0.15) is 5.38 Å². The SMILES string of the molecule is CN(CC1CC1)CC(Cl)C(=O)O. The van der Waals surface area contributed by atoms with Gasteiger partial charge in [0, 0.05) is 13.1 Å². The number of carboxylic acid groups (broad SMARTS) is 1. The molecule has 1 rings (SSSR count). The van der Waals surface area contributed by atoms with E-state index in [4.69, 9.17) is 16.7 Å². The van der Waals surface area contributed by atoms with Crippen molar-refractivity contribution in [2.24, 2.45) is 5.92 Å². The summed E-state index contributed by atoms with van der Waals surface area (Å²) in [6.45, 7) is 1.42. The average molecular weight is 192 g/mol. The van der Waals surface area contributed by atoms with E-state index in [1.165, 1.54) is 12.8 Å². The van der Waals surface area contributed by atoms with E-state index in [9.17, 15) is 4.79 Å². The van der Waals surface area contributed by atoms with Gasteiger partial charge in [-0.25, -0.2) is 0 Å². The first kappa shape index (κ1) is 9.81. The van der Waals surface area contributed by atoms with Gasteiger partial charge in [-0.1, -0.05) is 0 Å². The summed E-state index contributed by atoms with van der Waals surface area (Å²) in [4.78, 5) is 12.4. The van der Waals surface area contributed by atoms with Crippen molar-refractivity contribution in [3.63, 3.8) is 0 Å². The Morgan fingerprint density at radius 1 is 1.75 bits per heavy atom. The van der Waals surface area contributed by atoms with Crippen LogP contribution in [0.1, 0.15) is 12.8 Å². The van der Waals surface area contributed by atoms with Crippen molar-refractivity contribution in [3.8, 4) is 0 Å². The molecule has 1 aliphatic rings. The van der Waals surface area contributed by atoms with Crippen LogP contribution in [0.25, 0.3) is 0 Å². The highest BCUT2D eigenvalue weighted by molar-refractivity contribution is 6.29. The van der Waals surface area contributed by atoms with Crippen LogP contribution in [0.4, 0.5) is 0 Å². The second-order valence-corrected chi connectivity index (χ2v) is 4.00. The first-order valence-corrected chi connectivity index (χ1v) is 4.58. The molecule has 0 saturated heterocycles. The molecule has 1 atom stereocenters. The maximum atomic E-state index is 10.4. The van der Waals surface area contributed by atoms with E-state index in [0.29, 0.717) is 6.54 Å². The summed E-state index contributed by atoms with van der Waals surface area (Å²) in [5.41, 5.74) is 0. The molecule has 0 aromatic rings. The summed E-state index contributed by atoms with van der Waals surface area (Å²) in [5, 5.41) is 7.75. The molecule has 12 heavy (non-hydrogen) atoms. The van der Waals surface area contributed by atoms with Crippen molar-refractivity contribution in [1.29, 1.82) is 0 Å². The van der Waals surface area contributed by atoms with Gasteiger partial charge in [-0.2, -0.15) is 0 Å². The molecule has 0 radical (unpaired) electrons. The van der Waals surface area contributed by atoms with E-state index in [1.54, 1.807) is 0 Å². The molecule has 0 aromatic carbocycles. The van der Waals surface area contributed by atoms with E-state index in [0.717, 1.165) is 12.5 Å². The van der Waals surface area contributed by atoms with Gasteiger partial charge < -0.3 is 10.0 Å². The Morgan fingerprint density at radius 2 is 2.33 bits per heavy atom. The van der Waals surface area contributed by atoms with E-state index >= 15 is 0 Å². The fourth-order valence-corrected chi connectivity index (χ4v) is 1.40. The number of halogens is 1. The standard InChI is InChI=1S/C8H14ClNO2/c1-10(4-6-2-3-6)5-7(9)8(11)12/h6-7H,2-5H2,1H3,(H,11,12). The quantitative estimate of drug-likeness (QED) is 0.660. The molecule has 0 bridgehead atoms. The average Bonchev–Trinajstić information content (AvgIpc) is 2.71. The highest BCUT2D eigenvalue weighted by Crippen LogP contribution is 2.29. The van der Waals surface area contributed by atoms with Crippen molar-refractivity contribution in [1.82, 2.24) is 4.90 Å². The third kappa shape index (κ3) is 3.41. The molecule has 0 amide bonds. The molecule has 1 N–H and O–H groups in total. The molecular weight excluding hydrogens is 178 g/mol. The van der Waals surface area contributed by atoms with Gasteiger partial charge in [-0.3, -0.25) is 4.79 Å². The first-order valence-electron chi connectivity index (χ1n) is 4.15. The Balaban J connectivity index is 2.14. The highest BCUT2D eigenvalue weighted by Gasteiger charge is 2.24. The molecule has 1 aliphatic carbocycles. The van der Waals surface area contributed by atoms with Crippen LogP contribution >= 0.6 is 11.6 Å². The zero-order valence-electron chi connectivity index (χ0n) is 7.16. The number of carboxylic acids is 1. The summed E-state index contributed by atoms with van der Waals surface area (Å²) >= 11 is 5.57. The van der Waals surface area contributed by atoms with Gasteiger partial charge in [-0.05, 0) is 25.8 Å². The molecule has 70 valence electrons. The van der Waals surface area contributed by atoms with Crippen molar-refractivity contribution in [3.05, 3.63) is 0 Å². The summed E-state index contributed by atoms with van der Waals surface area (Å²) in [6, 6.07) is 0. The fourth-order valence-electron chi connectivity index (χ4n) is 1.17. The van der Waals surface area contributed by atoms with E-state index in [1.807, 2.05) is 11.9 Å². The lowest BCUT2D eigenvalue weighted by atomic mass is 10.3. The number of alkyl halides is 1. The van der Waals surface area contributed by atoms with Crippen molar-refractivity contribution >= 4 is 17.6 Å². The second kappa shape index (κ2) is 4.10. The minimum Gasteiger partial charge on any atom is -0.480 e. The largest absolute Gasteiger partial charge is 0.480 e. The number of aliphatic carboxylic acids is 1. The molecule has 1 saturated carbocycles. The van der Waals surface area contributed by atoms with Gasteiger partial charge >= 0.3 is 5.97 Å². The monoisotopic (exact) mass is 191 g/mol. The maximum absolute atomic E-state index is 10.4. The number of carbonyl (C=O) groups is 1. The van der Waals surface area contributed by atoms with Crippen LogP contribution in [0, 0.1) is 5.92 Å². The molecule has 1 fully saturated rings. The van der Waals surface area contributed by atoms with Crippen LogP contribution in [-0.2, 0) is 4.79 Å². The molecule has 3 nitrogen and oxygen atoms in total. The number of nitrogens with zero attached hydrogens (tertiary/aromatic N) is 1. The molecule has 0 spiro atoms. The molecule has 0 aromatic heterocycles. The van der Waals surface area contributed by atoms with Gasteiger partial charge in [0.25, 0.3) is 0 Å². The Hall–Kier alpha value is -0.280. The Kier molecular flexibility index (Phi) is 3.35. The predicted molar refractivity (Wildman–Crippen MR) is 47.5 cm³/mol. The lowest BCUT2D eigenvalue weighted by Crippen LogP contribution is -2.32. The van der Waals surface area contributed by atoms with E-state index in [-0.39, 0.29) is 0 Å². The smallest absolute Gasteiger partial charge is 0.322 e.